The molecule has 27 heavy (non-hydrogen) atoms. The van der Waals surface area contributed by atoms with Crippen molar-refractivity contribution in [2.24, 2.45) is 0 Å². The van der Waals surface area contributed by atoms with Crippen LogP contribution in [0.15, 0.2) is 48.7 Å². The summed E-state index contributed by atoms with van der Waals surface area (Å²) in [6.45, 7) is 1.39. The monoisotopic (exact) mass is 401 g/mol. The molecule has 0 atom stereocenters. The highest BCUT2D eigenvalue weighted by Crippen LogP contribution is 2.24. The molecule has 6 nitrogen and oxygen atoms in total. The molecule has 1 fully saturated rings. The summed E-state index contributed by atoms with van der Waals surface area (Å²) in [4.78, 5) is 5.80. The number of halogens is 3. The van der Waals surface area contributed by atoms with Gasteiger partial charge in [-0.25, -0.2) is 13.4 Å². The number of piperazine rings is 1. The molecule has 0 N–H and O–H groups in total. The molecule has 1 aromatic heterocycles. The Balaban J connectivity index is 1.58. The van der Waals surface area contributed by atoms with Crippen LogP contribution in [0.3, 0.4) is 0 Å². The second-order valence-corrected chi connectivity index (χ2v) is 8.00. The lowest BCUT2D eigenvalue weighted by atomic mass is 10.2. The molecule has 0 unspecified atom stereocenters. The van der Waals surface area contributed by atoms with Gasteiger partial charge in [-0.2, -0.15) is 4.31 Å². The number of hydrogen-bond acceptors (Lipinski definition) is 5. The van der Waals surface area contributed by atoms with Crippen molar-refractivity contribution >= 4 is 15.8 Å². The molecule has 3 rings (SSSR count). The normalized spacial score (nSPS) is 16.3. The molecule has 0 spiro atoms. The Bertz CT molecular complexity index is 850. The van der Waals surface area contributed by atoms with E-state index in [2.05, 4.69) is 9.72 Å². The van der Waals surface area contributed by atoms with Crippen molar-refractivity contribution in [2.75, 3.05) is 31.1 Å². The third-order valence-corrected chi connectivity index (χ3v) is 5.95. The minimum absolute atomic E-state index is 0.0600. The number of pyridine rings is 1. The van der Waals surface area contributed by atoms with Gasteiger partial charge in [-0.1, -0.05) is 30.3 Å². The largest absolute Gasteiger partial charge is 0.573 e. The van der Waals surface area contributed by atoms with Crippen LogP contribution < -0.4 is 9.64 Å². The Kier molecular flexibility index (Phi) is 5.56. The summed E-state index contributed by atoms with van der Waals surface area (Å²) < 4.78 is 66.9. The Morgan fingerprint density at radius 3 is 2.22 bits per heavy atom. The number of nitrogens with zero attached hydrogens (tertiary/aromatic N) is 3. The minimum atomic E-state index is -4.76. The van der Waals surface area contributed by atoms with E-state index < -0.39 is 22.1 Å². The van der Waals surface area contributed by atoms with Crippen molar-refractivity contribution in [3.05, 3.63) is 54.2 Å². The molecule has 1 aromatic carbocycles. The van der Waals surface area contributed by atoms with Crippen LogP contribution in [-0.2, 0) is 15.8 Å². The number of sulfonamides is 1. The third kappa shape index (κ3) is 5.33. The second kappa shape index (κ2) is 7.73. The van der Waals surface area contributed by atoms with Crippen LogP contribution in [0.4, 0.5) is 19.0 Å². The van der Waals surface area contributed by atoms with Gasteiger partial charge in [0.15, 0.2) is 0 Å². The van der Waals surface area contributed by atoms with Gasteiger partial charge >= 0.3 is 6.36 Å². The summed E-state index contributed by atoms with van der Waals surface area (Å²) in [6, 6.07) is 11.6. The summed E-state index contributed by atoms with van der Waals surface area (Å²) in [5.74, 6) is 0.0233. The first kappa shape index (κ1) is 19.4. The molecule has 146 valence electrons. The van der Waals surface area contributed by atoms with Gasteiger partial charge < -0.3 is 9.64 Å². The van der Waals surface area contributed by atoms with E-state index in [1.807, 2.05) is 11.0 Å². The predicted octanol–water partition coefficient (Wildman–Crippen LogP) is 2.63. The fourth-order valence-corrected chi connectivity index (χ4v) is 4.34. The van der Waals surface area contributed by atoms with Crippen molar-refractivity contribution in [2.45, 2.75) is 12.1 Å². The highest BCUT2D eigenvalue weighted by Gasteiger charge is 2.31. The molecular weight excluding hydrogens is 383 g/mol. The molecule has 1 saturated heterocycles. The number of alkyl halides is 3. The van der Waals surface area contributed by atoms with Crippen molar-refractivity contribution < 1.29 is 26.3 Å². The van der Waals surface area contributed by atoms with Gasteiger partial charge in [0.25, 0.3) is 0 Å². The van der Waals surface area contributed by atoms with E-state index >= 15 is 0 Å². The van der Waals surface area contributed by atoms with Crippen molar-refractivity contribution in [3.63, 3.8) is 0 Å². The van der Waals surface area contributed by atoms with Gasteiger partial charge in [-0.05, 0) is 17.7 Å². The molecule has 1 aliphatic rings. The number of rotatable bonds is 5. The maximum Gasteiger partial charge on any atom is 0.573 e. The van der Waals surface area contributed by atoms with E-state index in [4.69, 9.17) is 0 Å². The Hall–Kier alpha value is -2.33. The molecular formula is C17H18F3N3O3S. The number of benzene rings is 1. The van der Waals surface area contributed by atoms with Crippen LogP contribution >= 0.6 is 0 Å². The number of anilines is 1. The first-order valence-corrected chi connectivity index (χ1v) is 9.82. The average Bonchev–Trinajstić information content (AvgIpc) is 2.62. The molecule has 0 amide bonds. The summed E-state index contributed by atoms with van der Waals surface area (Å²) in [5.41, 5.74) is 0.724. The lowest BCUT2D eigenvalue weighted by Gasteiger charge is -2.34. The van der Waals surface area contributed by atoms with Gasteiger partial charge in [0.1, 0.15) is 11.6 Å². The Morgan fingerprint density at radius 2 is 1.67 bits per heavy atom. The van der Waals surface area contributed by atoms with Crippen LogP contribution in [0.25, 0.3) is 0 Å². The van der Waals surface area contributed by atoms with Gasteiger partial charge in [-0.3, -0.25) is 0 Å². The van der Waals surface area contributed by atoms with E-state index in [0.717, 1.165) is 11.8 Å². The Labute approximate surface area is 155 Å². The van der Waals surface area contributed by atoms with E-state index in [-0.39, 0.29) is 18.8 Å². The second-order valence-electron chi connectivity index (χ2n) is 6.03. The Morgan fingerprint density at radius 1 is 1.00 bits per heavy atom. The topological polar surface area (TPSA) is 62.7 Å². The summed E-state index contributed by atoms with van der Waals surface area (Å²) >= 11 is 0. The zero-order valence-corrected chi connectivity index (χ0v) is 15.1. The molecule has 1 aliphatic heterocycles. The average molecular weight is 401 g/mol. The summed E-state index contributed by atoms with van der Waals surface area (Å²) in [7, 11) is -3.43. The highest BCUT2D eigenvalue weighted by atomic mass is 32.2. The molecule has 0 bridgehead atoms. The van der Waals surface area contributed by atoms with Crippen LogP contribution in [-0.4, -0.2) is 50.2 Å². The number of hydrogen-bond donors (Lipinski definition) is 0. The number of aromatic nitrogens is 1. The minimum Gasteiger partial charge on any atom is -0.404 e. The lowest BCUT2D eigenvalue weighted by Crippen LogP contribution is -2.49. The quantitative estimate of drug-likeness (QED) is 0.771. The van der Waals surface area contributed by atoms with E-state index in [1.165, 1.54) is 16.4 Å². The van der Waals surface area contributed by atoms with E-state index in [0.29, 0.717) is 18.9 Å². The van der Waals surface area contributed by atoms with E-state index in [1.54, 1.807) is 24.3 Å². The molecule has 10 heteroatoms. The lowest BCUT2D eigenvalue weighted by molar-refractivity contribution is -0.274. The maximum atomic E-state index is 12.5. The molecule has 2 heterocycles. The van der Waals surface area contributed by atoms with Gasteiger partial charge in [0.2, 0.25) is 10.0 Å². The maximum absolute atomic E-state index is 12.5. The third-order valence-electron chi connectivity index (χ3n) is 4.10. The van der Waals surface area contributed by atoms with E-state index in [9.17, 15) is 21.6 Å². The van der Waals surface area contributed by atoms with Crippen LogP contribution in [0, 0.1) is 0 Å². The highest BCUT2D eigenvalue weighted by molar-refractivity contribution is 7.88. The van der Waals surface area contributed by atoms with Crippen LogP contribution in [0.2, 0.25) is 0 Å². The number of ether oxygens (including phenoxy) is 1. The smallest absolute Gasteiger partial charge is 0.404 e. The summed E-state index contributed by atoms with van der Waals surface area (Å²) in [5, 5.41) is 0. The van der Waals surface area contributed by atoms with Gasteiger partial charge in [-0.15, -0.1) is 13.2 Å². The SMILES string of the molecule is O=S(=O)(Cc1ccccc1)N1CCN(c2ccc(OC(F)(F)F)cn2)CC1. The van der Waals surface area contributed by atoms with Crippen LogP contribution in [0.1, 0.15) is 5.56 Å². The fourth-order valence-electron chi connectivity index (χ4n) is 2.83. The van der Waals surface area contributed by atoms with Gasteiger partial charge in [0.05, 0.1) is 11.9 Å². The molecule has 0 aliphatic carbocycles. The van der Waals surface area contributed by atoms with Crippen molar-refractivity contribution in [3.8, 4) is 5.75 Å². The molecule has 0 radical (unpaired) electrons. The fraction of sp³-hybridized carbons (Fsp3) is 0.353. The summed E-state index contributed by atoms with van der Waals surface area (Å²) in [6.07, 6.45) is -3.76. The molecule has 2 aromatic rings. The van der Waals surface area contributed by atoms with Crippen LogP contribution in [0.5, 0.6) is 5.75 Å². The van der Waals surface area contributed by atoms with Gasteiger partial charge in [0, 0.05) is 26.2 Å². The standard InChI is InChI=1S/C17H18F3N3O3S/c18-17(19,20)26-15-6-7-16(21-12-15)22-8-10-23(11-9-22)27(24,25)13-14-4-2-1-3-5-14/h1-7,12H,8-11,13H2. The zero-order valence-electron chi connectivity index (χ0n) is 14.3. The first-order valence-electron chi connectivity index (χ1n) is 8.21. The molecule has 0 saturated carbocycles. The van der Waals surface area contributed by atoms with Crippen molar-refractivity contribution in [1.82, 2.24) is 9.29 Å². The zero-order chi connectivity index (χ0) is 19.5. The van der Waals surface area contributed by atoms with Crippen molar-refractivity contribution in [1.29, 1.82) is 0 Å². The first-order chi connectivity index (χ1) is 12.7. The predicted molar refractivity (Wildman–Crippen MR) is 93.8 cm³/mol.